The van der Waals surface area contributed by atoms with Gasteiger partial charge in [0.15, 0.2) is 5.81 Å². The van der Waals surface area contributed by atoms with Crippen molar-refractivity contribution in [1.82, 2.24) is 5.32 Å². The van der Waals surface area contributed by atoms with Gasteiger partial charge in [0.2, 0.25) is 7.85 Å². The molecule has 1 rings (SSSR count). The molecule has 0 saturated carbocycles. The Balaban J connectivity index is 3.08. The van der Waals surface area contributed by atoms with Crippen LogP contribution in [0.25, 0.3) is 0 Å². The Morgan fingerprint density at radius 1 is 1.29 bits per heavy atom. The van der Waals surface area contributed by atoms with Gasteiger partial charge in [0.25, 0.3) is 0 Å². The van der Waals surface area contributed by atoms with E-state index in [9.17, 15) is 9.59 Å². The minimum Gasteiger partial charge on any atom is -0.480 e. The molecular formula is C12H14BNO3. The van der Waals surface area contributed by atoms with E-state index in [1.165, 1.54) is 0 Å². The second-order valence-corrected chi connectivity index (χ2v) is 4.37. The van der Waals surface area contributed by atoms with E-state index >= 15 is 0 Å². The molecule has 1 aromatic rings. The van der Waals surface area contributed by atoms with E-state index < -0.39 is 23.2 Å². The number of hydrogen-bond acceptors (Lipinski definition) is 2. The van der Waals surface area contributed by atoms with Gasteiger partial charge in [0.05, 0.1) is 0 Å². The van der Waals surface area contributed by atoms with Crippen molar-refractivity contribution in [3.8, 4) is 0 Å². The summed E-state index contributed by atoms with van der Waals surface area (Å²) in [6, 6.07) is 8.05. The summed E-state index contributed by atoms with van der Waals surface area (Å²) in [6.07, 6.45) is 0. The zero-order valence-corrected chi connectivity index (χ0v) is 9.81. The molecule has 5 heteroatoms. The number of nitrogens with one attached hydrogen (secondary N) is 1. The average molecular weight is 231 g/mol. The van der Waals surface area contributed by atoms with Gasteiger partial charge in [-0.3, -0.25) is 4.79 Å². The third-order valence-electron chi connectivity index (χ3n) is 2.77. The summed E-state index contributed by atoms with van der Waals surface area (Å²) in [5.74, 6) is -1.96. The van der Waals surface area contributed by atoms with Crippen LogP contribution in [0, 0.1) is 0 Å². The monoisotopic (exact) mass is 231 g/mol. The van der Waals surface area contributed by atoms with E-state index in [2.05, 4.69) is 5.32 Å². The van der Waals surface area contributed by atoms with Gasteiger partial charge in [-0.25, -0.2) is 4.79 Å². The Kier molecular flexibility index (Phi) is 3.94. The fourth-order valence-corrected chi connectivity index (χ4v) is 1.73. The van der Waals surface area contributed by atoms with Crippen molar-refractivity contribution in [3.05, 3.63) is 35.9 Å². The van der Waals surface area contributed by atoms with E-state index in [0.29, 0.717) is 0 Å². The molecule has 1 aromatic carbocycles. The van der Waals surface area contributed by atoms with E-state index in [0.717, 1.165) is 5.56 Å². The molecule has 0 spiro atoms. The topological polar surface area (TPSA) is 66.4 Å². The molecular weight excluding hydrogens is 217 g/mol. The number of rotatable bonds is 4. The number of carboxylic acids is 1. The molecule has 17 heavy (non-hydrogen) atoms. The van der Waals surface area contributed by atoms with Crippen LogP contribution in [-0.2, 0) is 10.2 Å². The van der Waals surface area contributed by atoms with Crippen LogP contribution in [0.1, 0.15) is 19.4 Å². The maximum Gasteiger partial charge on any atom is 0.327 e. The molecule has 1 atom stereocenters. The van der Waals surface area contributed by atoms with Crippen LogP contribution in [-0.4, -0.2) is 30.8 Å². The molecule has 0 aliphatic heterocycles. The highest BCUT2D eigenvalue weighted by molar-refractivity contribution is 6.57. The standard InChI is InChI=1S/C12H14BNO3/c1-12(2,8-6-4-3-5-7-8)9(10(15)16)14-11(13)17/h3-7,9H,1-2H3,(H,14,17)(H,15,16)/t9-/m1/s1. The largest absolute Gasteiger partial charge is 0.480 e. The van der Waals surface area contributed by atoms with Crippen molar-refractivity contribution in [2.45, 2.75) is 25.3 Å². The molecule has 0 aliphatic rings. The highest BCUT2D eigenvalue weighted by atomic mass is 16.4. The van der Waals surface area contributed by atoms with Gasteiger partial charge in [-0.15, -0.1) is 0 Å². The van der Waals surface area contributed by atoms with E-state index in [-0.39, 0.29) is 0 Å². The predicted molar refractivity (Wildman–Crippen MR) is 65.2 cm³/mol. The Labute approximate surface area is 101 Å². The second-order valence-electron chi connectivity index (χ2n) is 4.37. The molecule has 88 valence electrons. The number of carboxylic acid groups (broad SMARTS) is 1. The normalized spacial score (nSPS) is 12.8. The Bertz CT molecular complexity index is 417. The van der Waals surface area contributed by atoms with Crippen molar-refractivity contribution in [3.63, 3.8) is 0 Å². The first-order valence-corrected chi connectivity index (χ1v) is 5.20. The first-order chi connectivity index (χ1) is 7.85. The fraction of sp³-hybridized carbons (Fsp3) is 0.333. The first-order valence-electron chi connectivity index (χ1n) is 5.20. The van der Waals surface area contributed by atoms with Crippen molar-refractivity contribution in [1.29, 1.82) is 0 Å². The van der Waals surface area contributed by atoms with Crippen LogP contribution < -0.4 is 5.32 Å². The molecule has 0 bridgehead atoms. The third-order valence-corrected chi connectivity index (χ3v) is 2.77. The van der Waals surface area contributed by atoms with Crippen molar-refractivity contribution in [2.75, 3.05) is 0 Å². The lowest BCUT2D eigenvalue weighted by atomic mass is 9.77. The van der Waals surface area contributed by atoms with Crippen molar-refractivity contribution < 1.29 is 14.7 Å². The number of carbonyl (C=O) groups excluding carboxylic acids is 1. The molecule has 2 N–H and O–H groups in total. The van der Waals surface area contributed by atoms with Gasteiger partial charge >= 0.3 is 5.97 Å². The number of aliphatic carboxylic acids is 1. The van der Waals surface area contributed by atoms with Gasteiger partial charge in [-0.2, -0.15) is 0 Å². The summed E-state index contributed by atoms with van der Waals surface area (Å²) < 4.78 is 0. The summed E-state index contributed by atoms with van der Waals surface area (Å²) in [5, 5.41) is 11.4. The van der Waals surface area contributed by atoms with Gasteiger partial charge < -0.3 is 10.4 Å². The highest BCUT2D eigenvalue weighted by Gasteiger charge is 2.37. The molecule has 0 saturated heterocycles. The van der Waals surface area contributed by atoms with Crippen LogP contribution in [0.4, 0.5) is 4.79 Å². The van der Waals surface area contributed by atoms with Crippen molar-refractivity contribution >= 4 is 19.6 Å². The molecule has 4 nitrogen and oxygen atoms in total. The molecule has 0 aromatic heterocycles. The fourth-order valence-electron chi connectivity index (χ4n) is 1.73. The average Bonchev–Trinajstić information content (AvgIpc) is 2.26. The van der Waals surface area contributed by atoms with Gasteiger partial charge in [-0.1, -0.05) is 44.2 Å². The smallest absolute Gasteiger partial charge is 0.327 e. The lowest BCUT2D eigenvalue weighted by Crippen LogP contribution is -2.52. The minimum atomic E-state index is -1.11. The van der Waals surface area contributed by atoms with Crippen LogP contribution in [0.15, 0.2) is 30.3 Å². The van der Waals surface area contributed by atoms with Crippen LogP contribution in [0.3, 0.4) is 0 Å². The van der Waals surface area contributed by atoms with Crippen LogP contribution >= 0.6 is 0 Å². The van der Waals surface area contributed by atoms with Gasteiger partial charge in [0.1, 0.15) is 6.04 Å². The zero-order chi connectivity index (χ0) is 13.1. The van der Waals surface area contributed by atoms with Crippen LogP contribution in [0.5, 0.6) is 0 Å². The summed E-state index contributed by atoms with van der Waals surface area (Å²) in [7, 11) is 4.99. The van der Waals surface area contributed by atoms with Gasteiger partial charge in [-0.05, 0) is 5.56 Å². The quantitative estimate of drug-likeness (QED) is 0.767. The maximum atomic E-state index is 11.2. The molecule has 0 fully saturated rings. The molecule has 0 heterocycles. The summed E-state index contributed by atoms with van der Waals surface area (Å²) >= 11 is 0. The zero-order valence-electron chi connectivity index (χ0n) is 9.81. The van der Waals surface area contributed by atoms with E-state index in [4.69, 9.17) is 13.0 Å². The number of amides is 1. The number of carbonyl (C=O) groups is 2. The summed E-state index contributed by atoms with van der Waals surface area (Å²) in [5.41, 5.74) is 0.0726. The van der Waals surface area contributed by atoms with E-state index in [1.54, 1.807) is 13.8 Å². The number of benzene rings is 1. The summed E-state index contributed by atoms with van der Waals surface area (Å²) in [4.78, 5) is 22.0. The first kappa shape index (κ1) is 13.3. The van der Waals surface area contributed by atoms with E-state index in [1.807, 2.05) is 30.3 Å². The third kappa shape index (κ3) is 3.09. The Morgan fingerprint density at radius 2 is 1.82 bits per heavy atom. The molecule has 2 radical (unpaired) electrons. The Hall–Kier alpha value is -1.78. The summed E-state index contributed by atoms with van der Waals surface area (Å²) in [6.45, 7) is 3.49. The lowest BCUT2D eigenvalue weighted by Gasteiger charge is -2.32. The SMILES string of the molecule is [B]C(=O)N[C@H](C(=O)O)C(C)(C)c1ccccc1. The van der Waals surface area contributed by atoms with Gasteiger partial charge in [0, 0.05) is 5.41 Å². The maximum absolute atomic E-state index is 11.2. The lowest BCUT2D eigenvalue weighted by molar-refractivity contribution is -0.140. The molecule has 1 amide bonds. The highest BCUT2D eigenvalue weighted by Crippen LogP contribution is 2.27. The minimum absolute atomic E-state index is 0.748. The van der Waals surface area contributed by atoms with Crippen LogP contribution in [0.2, 0.25) is 0 Å². The molecule has 0 unspecified atom stereocenters. The predicted octanol–water partition coefficient (Wildman–Crippen LogP) is 1.30. The second kappa shape index (κ2) is 5.04. The molecule has 0 aliphatic carbocycles. The van der Waals surface area contributed by atoms with Crippen molar-refractivity contribution in [2.24, 2.45) is 0 Å². The Morgan fingerprint density at radius 3 is 2.24 bits per heavy atom. The number of hydrogen-bond donors (Lipinski definition) is 2.